The van der Waals surface area contributed by atoms with E-state index in [1.165, 1.54) is 0 Å². The summed E-state index contributed by atoms with van der Waals surface area (Å²) in [5, 5.41) is 6.71. The molecule has 176 valence electrons. The second-order valence-corrected chi connectivity index (χ2v) is 9.98. The summed E-state index contributed by atoms with van der Waals surface area (Å²) >= 11 is 0. The van der Waals surface area contributed by atoms with E-state index >= 15 is 0 Å². The summed E-state index contributed by atoms with van der Waals surface area (Å²) in [5.41, 5.74) is 0. The number of carbonyl (C=O) groups is 2. The molecule has 4 rings (SSSR count). The average molecular weight is 439 g/mol. The van der Waals surface area contributed by atoms with Crippen LogP contribution in [0.15, 0.2) is 0 Å². The molecule has 3 aliphatic heterocycles. The van der Waals surface area contributed by atoms with Crippen LogP contribution < -0.4 is 10.6 Å². The number of nitrogens with zero attached hydrogens (tertiary/aromatic N) is 2. The first kappa shape index (κ1) is 22.8. The van der Waals surface area contributed by atoms with E-state index in [2.05, 4.69) is 22.5 Å². The summed E-state index contributed by atoms with van der Waals surface area (Å²) in [6.07, 6.45) is 5.11. The van der Waals surface area contributed by atoms with Gasteiger partial charge < -0.3 is 20.3 Å². The Kier molecular flexibility index (Phi) is 7.37. The minimum Gasteiger partial charge on any atom is -0.450 e. The van der Waals surface area contributed by atoms with E-state index in [0.717, 1.165) is 58.3 Å². The maximum atomic E-state index is 14.4. The lowest BCUT2D eigenvalue weighted by Crippen LogP contribution is -2.56. The molecule has 1 aliphatic carbocycles. The monoisotopic (exact) mass is 438 g/mol. The number of ether oxygens (including phenoxy) is 1. The third kappa shape index (κ3) is 5.16. The zero-order valence-electron chi connectivity index (χ0n) is 19.0. The van der Waals surface area contributed by atoms with Crippen molar-refractivity contribution < 1.29 is 18.7 Å². The van der Waals surface area contributed by atoms with Crippen molar-refractivity contribution in [3.8, 4) is 0 Å². The number of amides is 2. The van der Waals surface area contributed by atoms with Crippen LogP contribution in [0.5, 0.6) is 0 Å². The number of fused-ring (bicyclic) bond motifs is 1. The molecule has 0 aromatic heterocycles. The normalized spacial score (nSPS) is 37.3. The highest BCUT2D eigenvalue weighted by molar-refractivity contribution is 5.82. The molecule has 0 aromatic rings. The van der Waals surface area contributed by atoms with Crippen LogP contribution in [0.3, 0.4) is 0 Å². The minimum absolute atomic E-state index is 0.0214. The SMILES string of the molecule is CCOC(=O)N1CCC(N2CCC[C@@H](NC(=O)C3CC4C(F)CCC(C)C4N3)C2)CC1. The fourth-order valence-corrected chi connectivity index (χ4v) is 6.19. The van der Waals surface area contributed by atoms with Gasteiger partial charge >= 0.3 is 6.09 Å². The van der Waals surface area contributed by atoms with Gasteiger partial charge in [-0.15, -0.1) is 0 Å². The number of alkyl halides is 1. The minimum atomic E-state index is -0.780. The number of halogens is 1. The Morgan fingerprint density at radius 3 is 2.61 bits per heavy atom. The van der Waals surface area contributed by atoms with Gasteiger partial charge in [0.05, 0.1) is 12.6 Å². The summed E-state index contributed by atoms with van der Waals surface area (Å²) < 4.78 is 19.5. The largest absolute Gasteiger partial charge is 0.450 e. The Bertz CT molecular complexity index is 624. The van der Waals surface area contributed by atoms with E-state index in [1.807, 2.05) is 6.92 Å². The molecule has 6 atom stereocenters. The Hall–Kier alpha value is -1.41. The number of rotatable bonds is 4. The van der Waals surface area contributed by atoms with Crippen molar-refractivity contribution in [2.75, 3.05) is 32.8 Å². The Balaban J connectivity index is 1.25. The van der Waals surface area contributed by atoms with E-state index < -0.39 is 6.17 Å². The lowest BCUT2D eigenvalue weighted by atomic mass is 9.77. The first-order valence-electron chi connectivity index (χ1n) is 12.3. The molecule has 0 bridgehead atoms. The summed E-state index contributed by atoms with van der Waals surface area (Å²) in [4.78, 5) is 29.2. The fourth-order valence-electron chi connectivity index (χ4n) is 6.19. The predicted molar refractivity (Wildman–Crippen MR) is 116 cm³/mol. The molecule has 7 nitrogen and oxygen atoms in total. The van der Waals surface area contributed by atoms with Crippen molar-refractivity contribution in [3.05, 3.63) is 0 Å². The third-order valence-corrected chi connectivity index (χ3v) is 7.96. The lowest BCUT2D eigenvalue weighted by Gasteiger charge is -2.42. The van der Waals surface area contributed by atoms with Crippen molar-refractivity contribution in [1.29, 1.82) is 0 Å². The van der Waals surface area contributed by atoms with Crippen molar-refractivity contribution in [2.24, 2.45) is 11.8 Å². The van der Waals surface area contributed by atoms with Crippen LogP contribution in [0.25, 0.3) is 0 Å². The molecule has 0 aromatic carbocycles. The van der Waals surface area contributed by atoms with Gasteiger partial charge in [0, 0.05) is 43.7 Å². The van der Waals surface area contributed by atoms with Crippen LogP contribution in [0, 0.1) is 11.8 Å². The number of likely N-dealkylation sites (tertiary alicyclic amines) is 2. The molecule has 4 fully saturated rings. The van der Waals surface area contributed by atoms with Crippen LogP contribution in [-0.4, -0.2) is 84.9 Å². The Labute approximate surface area is 185 Å². The highest BCUT2D eigenvalue weighted by Crippen LogP contribution is 2.38. The van der Waals surface area contributed by atoms with Crippen molar-refractivity contribution in [1.82, 2.24) is 20.4 Å². The molecule has 3 saturated heterocycles. The molecular formula is C23H39FN4O3. The molecule has 4 aliphatic rings. The van der Waals surface area contributed by atoms with Crippen LogP contribution in [0.4, 0.5) is 9.18 Å². The molecule has 31 heavy (non-hydrogen) atoms. The molecule has 8 heteroatoms. The molecule has 5 unspecified atom stereocenters. The molecule has 1 saturated carbocycles. The quantitative estimate of drug-likeness (QED) is 0.705. The predicted octanol–water partition coefficient (Wildman–Crippen LogP) is 2.30. The van der Waals surface area contributed by atoms with Gasteiger partial charge in [0.1, 0.15) is 6.17 Å². The summed E-state index contributed by atoms with van der Waals surface area (Å²) in [5.74, 6) is 0.449. The van der Waals surface area contributed by atoms with Crippen molar-refractivity contribution in [2.45, 2.75) is 89.1 Å². The van der Waals surface area contributed by atoms with Gasteiger partial charge in [-0.1, -0.05) is 6.92 Å². The van der Waals surface area contributed by atoms with Crippen LogP contribution in [0.1, 0.15) is 58.8 Å². The summed E-state index contributed by atoms with van der Waals surface area (Å²) in [6, 6.07) is 0.460. The molecule has 0 radical (unpaired) electrons. The standard InChI is InChI=1S/C23H39FN4O3/c1-3-31-23(30)27-11-8-17(9-12-27)28-10-4-5-16(14-28)25-22(29)20-13-18-19(24)7-6-15(2)21(18)26-20/h15-21,26H,3-14H2,1-2H3,(H,25,29)/t15?,16-,18?,19?,20?,21?/m1/s1. The van der Waals surface area contributed by atoms with Gasteiger partial charge in [0.2, 0.25) is 5.91 Å². The topological polar surface area (TPSA) is 73.9 Å². The van der Waals surface area contributed by atoms with Gasteiger partial charge in [-0.25, -0.2) is 9.18 Å². The zero-order valence-corrected chi connectivity index (χ0v) is 19.0. The van der Waals surface area contributed by atoms with Gasteiger partial charge in [-0.3, -0.25) is 9.69 Å². The number of carbonyl (C=O) groups excluding carboxylic acids is 2. The lowest BCUT2D eigenvalue weighted by molar-refractivity contribution is -0.124. The maximum absolute atomic E-state index is 14.4. The number of nitrogens with one attached hydrogen (secondary N) is 2. The maximum Gasteiger partial charge on any atom is 0.409 e. The van der Waals surface area contributed by atoms with Crippen LogP contribution in [-0.2, 0) is 9.53 Å². The third-order valence-electron chi connectivity index (χ3n) is 7.96. The van der Waals surface area contributed by atoms with E-state index in [9.17, 15) is 14.0 Å². The zero-order chi connectivity index (χ0) is 22.0. The Morgan fingerprint density at radius 2 is 1.90 bits per heavy atom. The average Bonchev–Trinajstić information content (AvgIpc) is 3.24. The molecule has 2 amide bonds. The van der Waals surface area contributed by atoms with Crippen LogP contribution in [0.2, 0.25) is 0 Å². The number of hydrogen-bond acceptors (Lipinski definition) is 5. The molecule has 2 N–H and O–H groups in total. The summed E-state index contributed by atoms with van der Waals surface area (Å²) in [6.45, 7) is 7.78. The van der Waals surface area contributed by atoms with E-state index in [-0.39, 0.29) is 36.0 Å². The highest BCUT2D eigenvalue weighted by Gasteiger charge is 2.46. The van der Waals surface area contributed by atoms with Crippen molar-refractivity contribution >= 4 is 12.0 Å². The van der Waals surface area contributed by atoms with Gasteiger partial charge in [-0.05, 0) is 64.3 Å². The highest BCUT2D eigenvalue weighted by atomic mass is 19.1. The first-order valence-corrected chi connectivity index (χ1v) is 12.3. The summed E-state index contributed by atoms with van der Waals surface area (Å²) in [7, 11) is 0. The number of hydrogen-bond donors (Lipinski definition) is 2. The fraction of sp³-hybridized carbons (Fsp3) is 0.913. The van der Waals surface area contributed by atoms with E-state index in [1.54, 1.807) is 4.90 Å². The molecule has 3 heterocycles. The van der Waals surface area contributed by atoms with Crippen molar-refractivity contribution in [3.63, 3.8) is 0 Å². The second kappa shape index (κ2) is 10.0. The van der Waals surface area contributed by atoms with Crippen LogP contribution >= 0.6 is 0 Å². The van der Waals surface area contributed by atoms with E-state index in [4.69, 9.17) is 4.74 Å². The van der Waals surface area contributed by atoms with Gasteiger partial charge in [-0.2, -0.15) is 0 Å². The Morgan fingerprint density at radius 1 is 1.13 bits per heavy atom. The number of piperidine rings is 2. The smallest absolute Gasteiger partial charge is 0.409 e. The first-order chi connectivity index (χ1) is 15.0. The molecule has 0 spiro atoms. The second-order valence-electron chi connectivity index (χ2n) is 9.98. The van der Waals surface area contributed by atoms with E-state index in [0.29, 0.717) is 31.4 Å². The molecular weight excluding hydrogens is 399 g/mol. The van der Waals surface area contributed by atoms with Gasteiger partial charge in [0.15, 0.2) is 0 Å². The van der Waals surface area contributed by atoms with Gasteiger partial charge in [0.25, 0.3) is 0 Å².